The van der Waals surface area contributed by atoms with Crippen LogP contribution < -0.4 is 10.1 Å². The van der Waals surface area contributed by atoms with E-state index in [-0.39, 0.29) is 29.0 Å². The van der Waals surface area contributed by atoms with Crippen LogP contribution in [-0.2, 0) is 16.2 Å². The van der Waals surface area contributed by atoms with Crippen molar-refractivity contribution in [3.8, 4) is 5.75 Å². The van der Waals surface area contributed by atoms with Crippen LogP contribution in [0.25, 0.3) is 0 Å². The highest BCUT2D eigenvalue weighted by molar-refractivity contribution is 9.10. The predicted molar refractivity (Wildman–Crippen MR) is 151 cm³/mol. The van der Waals surface area contributed by atoms with Gasteiger partial charge in [0.15, 0.2) is 11.6 Å². The molecule has 0 unspecified atom stereocenters. The molecule has 2 aromatic carbocycles. The highest BCUT2D eigenvalue weighted by Crippen LogP contribution is 2.52. The van der Waals surface area contributed by atoms with Crippen LogP contribution >= 0.6 is 39.1 Å². The minimum atomic E-state index is -0.472. The fourth-order valence-electron chi connectivity index (χ4n) is 5.87. The molecular formula is C30H30BrCl2NO3. The van der Waals surface area contributed by atoms with E-state index in [1.807, 2.05) is 24.3 Å². The van der Waals surface area contributed by atoms with E-state index >= 15 is 0 Å². The van der Waals surface area contributed by atoms with E-state index in [2.05, 4.69) is 48.9 Å². The van der Waals surface area contributed by atoms with E-state index in [9.17, 15) is 9.59 Å². The van der Waals surface area contributed by atoms with E-state index < -0.39 is 5.92 Å². The molecule has 0 saturated carbocycles. The number of allylic oxidation sites excluding steroid dienone is 4. The van der Waals surface area contributed by atoms with Gasteiger partial charge in [-0.2, -0.15) is 0 Å². The second-order valence-corrected chi connectivity index (χ2v) is 13.7. The highest BCUT2D eigenvalue weighted by Gasteiger charge is 2.47. The molecule has 0 aromatic heterocycles. The Labute approximate surface area is 236 Å². The van der Waals surface area contributed by atoms with Crippen molar-refractivity contribution < 1.29 is 14.3 Å². The zero-order valence-corrected chi connectivity index (χ0v) is 24.5. The maximum Gasteiger partial charge on any atom is 0.162 e. The molecule has 0 saturated heterocycles. The molecule has 0 spiro atoms. The van der Waals surface area contributed by atoms with Crippen LogP contribution in [0.4, 0.5) is 0 Å². The Balaban J connectivity index is 1.63. The lowest BCUT2D eigenvalue weighted by atomic mass is 9.64. The standard InChI is InChI=1S/C30H30BrCl2NO3/c1-29(2)11-21-27(23(35)13-29)26(28-22(34-21)12-30(3,4)14-24(28)36)18-10-17(31)6-8-25(18)37-15-16-5-7-19(32)20(33)9-16/h5-10,26,34H,11-15H2,1-4H3. The average Bonchev–Trinajstić information content (AvgIpc) is 2.77. The summed E-state index contributed by atoms with van der Waals surface area (Å²) in [4.78, 5) is 27.3. The maximum absolute atomic E-state index is 13.7. The van der Waals surface area contributed by atoms with Crippen LogP contribution in [0, 0.1) is 10.8 Å². The molecule has 194 valence electrons. The van der Waals surface area contributed by atoms with Crippen molar-refractivity contribution in [1.29, 1.82) is 0 Å². The number of carbonyl (C=O) groups excluding carboxylic acids is 2. The highest BCUT2D eigenvalue weighted by atomic mass is 79.9. The summed E-state index contributed by atoms with van der Waals surface area (Å²) in [6, 6.07) is 11.2. The summed E-state index contributed by atoms with van der Waals surface area (Å²) in [5.41, 5.74) is 4.66. The van der Waals surface area contributed by atoms with Crippen molar-refractivity contribution in [3.05, 3.63) is 84.6 Å². The molecule has 2 aromatic rings. The van der Waals surface area contributed by atoms with E-state index in [0.29, 0.717) is 39.8 Å². The van der Waals surface area contributed by atoms with E-state index in [0.717, 1.165) is 39.8 Å². The summed E-state index contributed by atoms with van der Waals surface area (Å²) in [5.74, 6) is 0.335. The summed E-state index contributed by atoms with van der Waals surface area (Å²) in [7, 11) is 0. The molecule has 7 heteroatoms. The van der Waals surface area contributed by atoms with Crippen LogP contribution in [0.2, 0.25) is 10.0 Å². The Morgan fingerprint density at radius 1 is 0.865 bits per heavy atom. The number of rotatable bonds is 4. The minimum Gasteiger partial charge on any atom is -0.489 e. The van der Waals surface area contributed by atoms with Crippen molar-refractivity contribution in [2.24, 2.45) is 10.8 Å². The Morgan fingerprint density at radius 3 is 2.03 bits per heavy atom. The number of ether oxygens (including phenoxy) is 1. The van der Waals surface area contributed by atoms with Crippen molar-refractivity contribution >= 4 is 50.7 Å². The van der Waals surface area contributed by atoms with Crippen molar-refractivity contribution in [3.63, 3.8) is 0 Å². The van der Waals surface area contributed by atoms with Gasteiger partial charge in [0.25, 0.3) is 0 Å². The summed E-state index contributed by atoms with van der Waals surface area (Å²) in [5, 5.41) is 4.52. The van der Waals surface area contributed by atoms with Crippen molar-refractivity contribution in [2.75, 3.05) is 0 Å². The second kappa shape index (κ2) is 9.59. The van der Waals surface area contributed by atoms with Crippen molar-refractivity contribution in [2.45, 2.75) is 65.9 Å². The lowest BCUT2D eigenvalue weighted by molar-refractivity contribution is -0.119. The van der Waals surface area contributed by atoms with Gasteiger partial charge in [0.05, 0.1) is 10.0 Å². The molecule has 0 amide bonds. The monoisotopic (exact) mass is 601 g/mol. The number of ketones is 2. The lowest BCUT2D eigenvalue weighted by Gasteiger charge is -2.44. The van der Waals surface area contributed by atoms with Gasteiger partial charge in [-0.15, -0.1) is 0 Å². The van der Waals surface area contributed by atoms with E-state index in [4.69, 9.17) is 27.9 Å². The van der Waals surface area contributed by atoms with Crippen molar-refractivity contribution in [1.82, 2.24) is 5.32 Å². The number of nitrogens with one attached hydrogen (secondary N) is 1. The van der Waals surface area contributed by atoms with E-state index in [1.165, 1.54) is 0 Å². The normalized spacial score (nSPS) is 20.9. The van der Waals surface area contributed by atoms with Gasteiger partial charge in [0.2, 0.25) is 0 Å². The van der Waals surface area contributed by atoms with Gasteiger partial charge in [0.1, 0.15) is 12.4 Å². The molecular weight excluding hydrogens is 573 g/mol. The predicted octanol–water partition coefficient (Wildman–Crippen LogP) is 8.31. The third-order valence-corrected chi connectivity index (χ3v) is 8.61. The molecule has 1 N–H and O–H groups in total. The SMILES string of the molecule is CC1(C)CC(=O)C2=C(C1)NC1=C(C(=O)CC(C)(C)C1)C2c1cc(Br)ccc1OCc1ccc(Cl)c(Cl)c1. The third kappa shape index (κ3) is 5.28. The number of carbonyl (C=O) groups is 2. The summed E-state index contributed by atoms with van der Waals surface area (Å²) >= 11 is 15.9. The van der Waals surface area contributed by atoms with Gasteiger partial charge in [0, 0.05) is 51.3 Å². The summed E-state index contributed by atoms with van der Waals surface area (Å²) in [6.45, 7) is 8.76. The molecule has 0 bridgehead atoms. The number of benzene rings is 2. The molecule has 0 atom stereocenters. The van der Waals surface area contributed by atoms with Gasteiger partial charge in [-0.3, -0.25) is 9.59 Å². The van der Waals surface area contributed by atoms with Crippen LogP contribution in [0.5, 0.6) is 5.75 Å². The number of hydrogen-bond donors (Lipinski definition) is 1. The summed E-state index contributed by atoms with van der Waals surface area (Å²) < 4.78 is 7.19. The van der Waals surface area contributed by atoms with Crippen LogP contribution in [0.1, 0.15) is 70.4 Å². The lowest BCUT2D eigenvalue weighted by Crippen LogP contribution is -2.42. The molecule has 1 aliphatic heterocycles. The van der Waals surface area contributed by atoms with E-state index in [1.54, 1.807) is 12.1 Å². The third-order valence-electron chi connectivity index (χ3n) is 7.38. The first-order chi connectivity index (χ1) is 17.3. The fraction of sp³-hybridized carbons (Fsp3) is 0.400. The molecule has 0 fully saturated rings. The topological polar surface area (TPSA) is 55.4 Å². The minimum absolute atomic E-state index is 0.0864. The second-order valence-electron chi connectivity index (χ2n) is 11.9. The first-order valence-corrected chi connectivity index (χ1v) is 14.0. The van der Waals surface area contributed by atoms with Gasteiger partial charge >= 0.3 is 0 Å². The van der Waals surface area contributed by atoms with Crippen LogP contribution in [-0.4, -0.2) is 11.6 Å². The Hall–Kier alpha value is -2.08. The molecule has 0 radical (unpaired) electrons. The van der Waals surface area contributed by atoms with Crippen LogP contribution in [0.15, 0.2) is 63.4 Å². The molecule has 2 aliphatic carbocycles. The van der Waals surface area contributed by atoms with Gasteiger partial charge < -0.3 is 10.1 Å². The smallest absolute Gasteiger partial charge is 0.162 e. The molecule has 3 aliphatic rings. The molecule has 5 rings (SSSR count). The number of hydrogen-bond acceptors (Lipinski definition) is 4. The quantitative estimate of drug-likeness (QED) is 0.382. The molecule has 4 nitrogen and oxygen atoms in total. The summed E-state index contributed by atoms with van der Waals surface area (Å²) in [6.07, 6.45) is 2.40. The van der Waals surface area contributed by atoms with Gasteiger partial charge in [-0.1, -0.05) is 72.9 Å². The average molecular weight is 603 g/mol. The first kappa shape index (κ1) is 26.5. The van der Waals surface area contributed by atoms with Gasteiger partial charge in [-0.25, -0.2) is 0 Å². The molecule has 37 heavy (non-hydrogen) atoms. The first-order valence-electron chi connectivity index (χ1n) is 12.5. The number of halogens is 3. The Bertz CT molecular complexity index is 1340. The zero-order chi connectivity index (χ0) is 26.7. The Kier molecular flexibility index (Phi) is 6.87. The zero-order valence-electron chi connectivity index (χ0n) is 21.4. The number of Topliss-reactive ketones (excluding diaryl/α,β-unsaturated/α-hetero) is 2. The fourth-order valence-corrected chi connectivity index (χ4v) is 6.57. The van der Waals surface area contributed by atoms with Crippen LogP contribution in [0.3, 0.4) is 0 Å². The van der Waals surface area contributed by atoms with Gasteiger partial charge in [-0.05, 0) is 59.6 Å². The maximum atomic E-state index is 13.7. The number of dihydropyridines is 1. The largest absolute Gasteiger partial charge is 0.489 e. The molecule has 1 heterocycles. The Morgan fingerprint density at radius 2 is 1.46 bits per heavy atom.